The number of nitrogens with two attached hydrogens (primary N) is 1. The van der Waals surface area contributed by atoms with Gasteiger partial charge in [0.15, 0.2) is 0 Å². The molecule has 0 bridgehead atoms. The number of fused-ring (bicyclic) bond motifs is 1. The van der Waals surface area contributed by atoms with Crippen LogP contribution >= 0.6 is 0 Å². The predicted octanol–water partition coefficient (Wildman–Crippen LogP) is 2.49. The lowest BCUT2D eigenvalue weighted by atomic mass is 10.0. The first-order valence-electron chi connectivity index (χ1n) is 6.24. The maximum absolute atomic E-state index is 14.0. The van der Waals surface area contributed by atoms with Gasteiger partial charge >= 0.3 is 0 Å². The summed E-state index contributed by atoms with van der Waals surface area (Å²) in [6.45, 7) is 0. The topological polar surface area (TPSA) is 99.7 Å². The Morgan fingerprint density at radius 1 is 1.18 bits per heavy atom. The van der Waals surface area contributed by atoms with Gasteiger partial charge in [0.1, 0.15) is 10.7 Å². The molecule has 0 unspecified atom stereocenters. The zero-order valence-corrected chi connectivity index (χ0v) is 12.0. The van der Waals surface area contributed by atoms with Crippen molar-refractivity contribution in [2.24, 2.45) is 5.14 Å². The normalized spacial score (nSPS) is 11.5. The molecule has 0 aliphatic rings. The molecular formula is C15H10FN3O2S. The summed E-state index contributed by atoms with van der Waals surface area (Å²) in [6.07, 6.45) is 1.30. The molecule has 0 aliphatic heterocycles. The zero-order chi connectivity index (χ0) is 15.9. The van der Waals surface area contributed by atoms with Crippen molar-refractivity contribution in [3.63, 3.8) is 0 Å². The average Bonchev–Trinajstić information content (AvgIpc) is 2.90. The van der Waals surface area contributed by atoms with Crippen molar-refractivity contribution < 1.29 is 12.8 Å². The summed E-state index contributed by atoms with van der Waals surface area (Å²) in [5.74, 6) is -0.517. The van der Waals surface area contributed by atoms with E-state index in [4.69, 9.17) is 10.4 Å². The first-order chi connectivity index (χ1) is 10.4. The van der Waals surface area contributed by atoms with Gasteiger partial charge in [-0.25, -0.2) is 17.9 Å². The average molecular weight is 315 g/mol. The van der Waals surface area contributed by atoms with Crippen molar-refractivity contribution in [3.05, 3.63) is 54.0 Å². The summed E-state index contributed by atoms with van der Waals surface area (Å²) in [7, 11) is -3.82. The van der Waals surface area contributed by atoms with Crippen molar-refractivity contribution >= 4 is 20.9 Å². The van der Waals surface area contributed by atoms with Crippen LogP contribution in [0.25, 0.3) is 22.0 Å². The molecule has 3 N–H and O–H groups in total. The van der Waals surface area contributed by atoms with Crippen LogP contribution < -0.4 is 5.14 Å². The molecule has 22 heavy (non-hydrogen) atoms. The number of benzene rings is 2. The minimum absolute atomic E-state index is 0.00523. The molecule has 0 radical (unpaired) electrons. The van der Waals surface area contributed by atoms with Gasteiger partial charge < -0.3 is 4.98 Å². The summed E-state index contributed by atoms with van der Waals surface area (Å²) in [6, 6.07) is 10.9. The minimum Gasteiger partial charge on any atom is -0.360 e. The number of hydrogen-bond donors (Lipinski definition) is 2. The van der Waals surface area contributed by atoms with Gasteiger partial charge in [0.05, 0.1) is 11.6 Å². The molecule has 0 aliphatic carbocycles. The number of primary sulfonamides is 1. The Labute approximate surface area is 125 Å². The quantitative estimate of drug-likeness (QED) is 0.759. The summed E-state index contributed by atoms with van der Waals surface area (Å²) >= 11 is 0. The molecule has 5 nitrogen and oxygen atoms in total. The van der Waals surface area contributed by atoms with Crippen LogP contribution in [0.4, 0.5) is 4.39 Å². The first-order valence-corrected chi connectivity index (χ1v) is 7.79. The second-order valence-corrected chi connectivity index (χ2v) is 6.29. The van der Waals surface area contributed by atoms with Crippen LogP contribution in [0.1, 0.15) is 5.56 Å². The monoisotopic (exact) mass is 315 g/mol. The molecule has 3 rings (SSSR count). The van der Waals surface area contributed by atoms with Gasteiger partial charge in [-0.3, -0.25) is 0 Å². The highest BCUT2D eigenvalue weighted by molar-refractivity contribution is 7.89. The molecule has 1 heterocycles. The second-order valence-electron chi connectivity index (χ2n) is 4.76. The molecule has 0 atom stereocenters. The third-order valence-electron chi connectivity index (χ3n) is 3.36. The molecule has 2 aromatic carbocycles. The van der Waals surface area contributed by atoms with Gasteiger partial charge in [-0.1, -0.05) is 18.2 Å². The van der Waals surface area contributed by atoms with Crippen LogP contribution in [0.15, 0.2) is 47.5 Å². The standard InChI is InChI=1S/C15H10FN3O2S/c16-13-5-9(7-17)1-3-11(13)10-2-4-12-14(6-10)19-8-15(12)22(18,20)21/h1-6,8,19H,(H2,18,20,21). The lowest BCUT2D eigenvalue weighted by Crippen LogP contribution is -2.11. The number of aromatic nitrogens is 1. The molecule has 110 valence electrons. The maximum Gasteiger partial charge on any atom is 0.240 e. The highest BCUT2D eigenvalue weighted by Crippen LogP contribution is 2.29. The number of hydrogen-bond acceptors (Lipinski definition) is 3. The van der Waals surface area contributed by atoms with E-state index < -0.39 is 15.8 Å². The van der Waals surface area contributed by atoms with E-state index in [-0.39, 0.29) is 10.5 Å². The smallest absolute Gasteiger partial charge is 0.240 e. The first kappa shape index (κ1) is 14.3. The molecule has 0 spiro atoms. The Morgan fingerprint density at radius 2 is 1.95 bits per heavy atom. The Bertz CT molecular complexity index is 1030. The van der Waals surface area contributed by atoms with E-state index in [0.29, 0.717) is 22.0 Å². The number of nitrogens with one attached hydrogen (secondary N) is 1. The van der Waals surface area contributed by atoms with E-state index in [1.165, 1.54) is 18.3 Å². The van der Waals surface area contributed by atoms with Crippen molar-refractivity contribution in [2.75, 3.05) is 0 Å². The molecule has 0 fully saturated rings. The molecule has 1 aromatic heterocycles. The SMILES string of the molecule is N#Cc1ccc(-c2ccc3c(S(N)(=O)=O)c[nH]c3c2)c(F)c1. The Balaban J connectivity index is 2.17. The number of nitrogens with zero attached hydrogens (tertiary/aromatic N) is 1. The molecule has 0 amide bonds. The van der Waals surface area contributed by atoms with E-state index >= 15 is 0 Å². The predicted molar refractivity (Wildman–Crippen MR) is 79.8 cm³/mol. The third kappa shape index (κ3) is 2.35. The Kier molecular flexibility index (Phi) is 3.20. The summed E-state index contributed by atoms with van der Waals surface area (Å²) in [5.41, 5.74) is 1.66. The van der Waals surface area contributed by atoms with E-state index in [1.807, 2.05) is 6.07 Å². The van der Waals surface area contributed by atoms with E-state index in [2.05, 4.69) is 4.98 Å². The van der Waals surface area contributed by atoms with Crippen LogP contribution in [-0.4, -0.2) is 13.4 Å². The Morgan fingerprint density at radius 3 is 2.59 bits per heavy atom. The van der Waals surface area contributed by atoms with Gasteiger partial charge in [-0.15, -0.1) is 0 Å². The Hall–Kier alpha value is -2.69. The number of H-pyrrole nitrogens is 1. The lowest BCUT2D eigenvalue weighted by Gasteiger charge is -2.04. The molecule has 7 heteroatoms. The summed E-state index contributed by atoms with van der Waals surface area (Å²) < 4.78 is 36.9. The summed E-state index contributed by atoms with van der Waals surface area (Å²) in [5, 5.41) is 14.3. The highest BCUT2D eigenvalue weighted by atomic mass is 32.2. The van der Waals surface area contributed by atoms with Gasteiger partial charge in [-0.05, 0) is 23.8 Å². The number of nitriles is 1. The number of aromatic amines is 1. The van der Waals surface area contributed by atoms with Gasteiger partial charge in [0.2, 0.25) is 10.0 Å². The molecule has 0 saturated heterocycles. The van der Waals surface area contributed by atoms with Crippen molar-refractivity contribution in [1.82, 2.24) is 4.98 Å². The van der Waals surface area contributed by atoms with Gasteiger partial charge in [-0.2, -0.15) is 5.26 Å². The van der Waals surface area contributed by atoms with Crippen LogP contribution in [0.5, 0.6) is 0 Å². The number of halogens is 1. The minimum atomic E-state index is -3.82. The van der Waals surface area contributed by atoms with E-state index in [9.17, 15) is 12.8 Å². The maximum atomic E-state index is 14.0. The lowest BCUT2D eigenvalue weighted by molar-refractivity contribution is 0.598. The second kappa shape index (κ2) is 4.94. The van der Waals surface area contributed by atoms with Crippen molar-refractivity contribution in [3.8, 4) is 17.2 Å². The van der Waals surface area contributed by atoms with Crippen LogP contribution in [-0.2, 0) is 10.0 Å². The van der Waals surface area contributed by atoms with E-state index in [0.717, 1.165) is 6.07 Å². The van der Waals surface area contributed by atoms with Crippen LogP contribution in [0.3, 0.4) is 0 Å². The van der Waals surface area contributed by atoms with Crippen LogP contribution in [0, 0.1) is 17.1 Å². The third-order valence-corrected chi connectivity index (χ3v) is 4.31. The molecular weight excluding hydrogens is 305 g/mol. The fraction of sp³-hybridized carbons (Fsp3) is 0. The molecule has 3 aromatic rings. The van der Waals surface area contributed by atoms with E-state index in [1.54, 1.807) is 18.2 Å². The number of sulfonamides is 1. The zero-order valence-electron chi connectivity index (χ0n) is 11.2. The van der Waals surface area contributed by atoms with Gasteiger partial charge in [0, 0.05) is 22.7 Å². The highest BCUT2D eigenvalue weighted by Gasteiger charge is 2.15. The fourth-order valence-electron chi connectivity index (χ4n) is 2.32. The van der Waals surface area contributed by atoms with Crippen molar-refractivity contribution in [1.29, 1.82) is 5.26 Å². The summed E-state index contributed by atoms with van der Waals surface area (Å²) in [4.78, 5) is 2.81. The van der Waals surface area contributed by atoms with Crippen molar-refractivity contribution in [2.45, 2.75) is 4.90 Å². The number of rotatable bonds is 2. The fourth-order valence-corrected chi connectivity index (χ4v) is 3.03. The van der Waals surface area contributed by atoms with Gasteiger partial charge in [0.25, 0.3) is 0 Å². The molecule has 0 saturated carbocycles. The largest absolute Gasteiger partial charge is 0.360 e. The van der Waals surface area contributed by atoms with Crippen LogP contribution in [0.2, 0.25) is 0 Å².